The van der Waals surface area contributed by atoms with E-state index < -0.39 is 23.3 Å². The summed E-state index contributed by atoms with van der Waals surface area (Å²) in [5, 5.41) is 5.26. The molecule has 118 valence electrons. The summed E-state index contributed by atoms with van der Waals surface area (Å²) >= 11 is 0. The Labute approximate surface area is 123 Å². The predicted molar refractivity (Wildman–Crippen MR) is 78.4 cm³/mol. The highest BCUT2D eigenvalue weighted by Crippen LogP contribution is 2.22. The number of amides is 1. The average molecular weight is 300 g/mol. The van der Waals surface area contributed by atoms with Gasteiger partial charge in [0.15, 0.2) is 5.82 Å². The number of carbonyl (C=O) groups excluding carboxylic acids is 1. The fraction of sp³-hybridized carbons (Fsp3) is 0.533. The molecule has 0 radical (unpaired) electrons. The summed E-state index contributed by atoms with van der Waals surface area (Å²) in [7, 11) is 0. The van der Waals surface area contributed by atoms with Gasteiger partial charge >= 0.3 is 6.09 Å². The van der Waals surface area contributed by atoms with Crippen LogP contribution in [0.1, 0.15) is 33.3 Å². The monoisotopic (exact) mass is 300 g/mol. The number of carbonyl (C=O) groups is 1. The number of benzene rings is 1. The van der Waals surface area contributed by atoms with Gasteiger partial charge in [0.1, 0.15) is 17.1 Å². The SMILES string of the molecule is Cc1ccc(F)c(NC(C)CNC(=O)OC(C)(C)C)c1F. The maximum absolute atomic E-state index is 13.8. The van der Waals surface area contributed by atoms with Gasteiger partial charge < -0.3 is 15.4 Å². The molecule has 0 aromatic heterocycles. The molecule has 1 aromatic rings. The minimum Gasteiger partial charge on any atom is -0.444 e. The van der Waals surface area contributed by atoms with Gasteiger partial charge in [-0.3, -0.25) is 0 Å². The van der Waals surface area contributed by atoms with E-state index in [1.54, 1.807) is 34.6 Å². The third-order valence-corrected chi connectivity index (χ3v) is 2.63. The van der Waals surface area contributed by atoms with Crippen LogP contribution in [0.15, 0.2) is 12.1 Å². The second-order valence-corrected chi connectivity index (χ2v) is 5.98. The fourth-order valence-corrected chi connectivity index (χ4v) is 1.64. The van der Waals surface area contributed by atoms with Gasteiger partial charge in [-0.2, -0.15) is 0 Å². The zero-order chi connectivity index (χ0) is 16.2. The van der Waals surface area contributed by atoms with Crippen LogP contribution in [-0.2, 0) is 4.74 Å². The van der Waals surface area contributed by atoms with E-state index in [2.05, 4.69) is 10.6 Å². The maximum Gasteiger partial charge on any atom is 0.407 e. The topological polar surface area (TPSA) is 50.4 Å². The molecule has 1 rings (SSSR count). The van der Waals surface area contributed by atoms with Crippen molar-refractivity contribution < 1.29 is 18.3 Å². The van der Waals surface area contributed by atoms with Gasteiger partial charge in [-0.25, -0.2) is 13.6 Å². The van der Waals surface area contributed by atoms with Crippen LogP contribution >= 0.6 is 0 Å². The van der Waals surface area contributed by atoms with E-state index in [1.165, 1.54) is 12.1 Å². The van der Waals surface area contributed by atoms with Gasteiger partial charge in [0, 0.05) is 12.6 Å². The number of anilines is 1. The minimum atomic E-state index is -0.665. The van der Waals surface area contributed by atoms with E-state index in [-0.39, 0.29) is 18.3 Å². The van der Waals surface area contributed by atoms with Crippen molar-refractivity contribution in [2.75, 3.05) is 11.9 Å². The number of halogens is 2. The summed E-state index contributed by atoms with van der Waals surface area (Å²) in [6.45, 7) is 8.72. The van der Waals surface area contributed by atoms with Crippen LogP contribution in [0.3, 0.4) is 0 Å². The van der Waals surface area contributed by atoms with Crippen molar-refractivity contribution in [3.8, 4) is 0 Å². The van der Waals surface area contributed by atoms with Crippen LogP contribution in [0, 0.1) is 18.6 Å². The molecule has 21 heavy (non-hydrogen) atoms. The quantitative estimate of drug-likeness (QED) is 0.893. The summed E-state index contributed by atoms with van der Waals surface area (Å²) in [5.41, 5.74) is -0.421. The smallest absolute Gasteiger partial charge is 0.407 e. The molecular formula is C15H22F2N2O2. The van der Waals surface area contributed by atoms with E-state index >= 15 is 0 Å². The number of hydrogen-bond donors (Lipinski definition) is 2. The first-order valence-electron chi connectivity index (χ1n) is 6.78. The van der Waals surface area contributed by atoms with Gasteiger partial charge in [-0.1, -0.05) is 6.07 Å². The third-order valence-electron chi connectivity index (χ3n) is 2.63. The minimum absolute atomic E-state index is 0.182. The Bertz CT molecular complexity index is 513. The molecule has 0 heterocycles. The zero-order valence-electron chi connectivity index (χ0n) is 13.0. The van der Waals surface area contributed by atoms with Gasteiger partial charge in [-0.15, -0.1) is 0 Å². The van der Waals surface area contributed by atoms with Crippen molar-refractivity contribution >= 4 is 11.8 Å². The molecule has 0 fully saturated rings. The summed E-state index contributed by atoms with van der Waals surface area (Å²) in [6.07, 6.45) is -0.568. The molecule has 4 nitrogen and oxygen atoms in total. The Morgan fingerprint density at radius 1 is 1.33 bits per heavy atom. The van der Waals surface area contributed by atoms with Crippen LogP contribution in [0.2, 0.25) is 0 Å². The summed E-state index contributed by atoms with van der Waals surface area (Å²) < 4.78 is 32.5. The maximum atomic E-state index is 13.8. The second-order valence-electron chi connectivity index (χ2n) is 5.98. The number of alkyl carbamates (subject to hydrolysis) is 1. The van der Waals surface area contributed by atoms with E-state index in [0.717, 1.165) is 0 Å². The molecule has 0 bridgehead atoms. The molecule has 2 N–H and O–H groups in total. The lowest BCUT2D eigenvalue weighted by atomic mass is 10.2. The van der Waals surface area contributed by atoms with Gasteiger partial charge in [-0.05, 0) is 46.2 Å². The molecule has 0 aliphatic carbocycles. The zero-order valence-corrected chi connectivity index (χ0v) is 13.0. The number of hydrogen-bond acceptors (Lipinski definition) is 3. The normalized spacial score (nSPS) is 12.7. The van der Waals surface area contributed by atoms with Crippen LogP contribution in [-0.4, -0.2) is 24.3 Å². The summed E-state index contributed by atoms with van der Waals surface area (Å²) in [6, 6.07) is 2.22. The van der Waals surface area contributed by atoms with Crippen molar-refractivity contribution in [2.45, 2.75) is 46.3 Å². The van der Waals surface area contributed by atoms with Crippen LogP contribution < -0.4 is 10.6 Å². The predicted octanol–water partition coefficient (Wildman–Crippen LogP) is 3.60. The molecule has 1 unspecified atom stereocenters. The molecule has 6 heteroatoms. The third kappa shape index (κ3) is 5.57. The Morgan fingerprint density at radius 2 is 1.95 bits per heavy atom. The molecule has 0 saturated carbocycles. The molecule has 0 aliphatic heterocycles. The largest absolute Gasteiger partial charge is 0.444 e. The Morgan fingerprint density at radius 3 is 2.52 bits per heavy atom. The summed E-state index contributed by atoms with van der Waals surface area (Å²) in [5.74, 6) is -1.29. The highest BCUT2D eigenvalue weighted by Gasteiger charge is 2.17. The van der Waals surface area contributed by atoms with Crippen molar-refractivity contribution in [2.24, 2.45) is 0 Å². The van der Waals surface area contributed by atoms with E-state index in [0.29, 0.717) is 5.56 Å². The lowest BCUT2D eigenvalue weighted by Crippen LogP contribution is -2.38. The van der Waals surface area contributed by atoms with Gasteiger partial charge in [0.05, 0.1) is 0 Å². The van der Waals surface area contributed by atoms with Crippen LogP contribution in [0.5, 0.6) is 0 Å². The van der Waals surface area contributed by atoms with Crippen molar-refractivity contribution in [3.05, 3.63) is 29.3 Å². The molecule has 1 amide bonds. The van der Waals surface area contributed by atoms with Crippen molar-refractivity contribution in [1.29, 1.82) is 0 Å². The molecule has 1 atom stereocenters. The fourth-order valence-electron chi connectivity index (χ4n) is 1.64. The molecule has 0 spiro atoms. The Balaban J connectivity index is 2.57. The van der Waals surface area contributed by atoms with Crippen LogP contribution in [0.4, 0.5) is 19.3 Å². The lowest BCUT2D eigenvalue weighted by molar-refractivity contribution is 0.0526. The number of aryl methyl sites for hydroxylation is 1. The highest BCUT2D eigenvalue weighted by molar-refractivity contribution is 5.67. The number of rotatable bonds is 4. The Hall–Kier alpha value is -1.85. The van der Waals surface area contributed by atoms with Crippen molar-refractivity contribution in [3.63, 3.8) is 0 Å². The number of nitrogens with one attached hydrogen (secondary N) is 2. The van der Waals surface area contributed by atoms with Crippen molar-refractivity contribution in [1.82, 2.24) is 5.32 Å². The highest BCUT2D eigenvalue weighted by atomic mass is 19.1. The lowest BCUT2D eigenvalue weighted by Gasteiger charge is -2.21. The van der Waals surface area contributed by atoms with E-state index in [4.69, 9.17) is 4.74 Å². The van der Waals surface area contributed by atoms with Crippen LogP contribution in [0.25, 0.3) is 0 Å². The first kappa shape index (κ1) is 17.2. The molecular weight excluding hydrogens is 278 g/mol. The summed E-state index contributed by atoms with van der Waals surface area (Å²) in [4.78, 5) is 11.5. The molecule has 0 aliphatic rings. The van der Waals surface area contributed by atoms with Gasteiger partial charge in [0.2, 0.25) is 0 Å². The molecule has 0 saturated heterocycles. The van der Waals surface area contributed by atoms with Gasteiger partial charge in [0.25, 0.3) is 0 Å². The number of ether oxygens (including phenoxy) is 1. The first-order chi connectivity index (χ1) is 9.60. The Kier molecular flexibility index (Phi) is 5.52. The average Bonchev–Trinajstić information content (AvgIpc) is 2.35. The van der Waals surface area contributed by atoms with E-state index in [9.17, 15) is 13.6 Å². The van der Waals surface area contributed by atoms with E-state index in [1.807, 2.05) is 0 Å². The second kappa shape index (κ2) is 6.74. The first-order valence-corrected chi connectivity index (χ1v) is 6.78. The molecule has 1 aromatic carbocycles. The standard InChI is InChI=1S/C15H22F2N2O2/c1-9-6-7-11(16)13(12(9)17)19-10(2)8-18-14(20)21-15(3,4)5/h6-7,10,19H,8H2,1-5H3,(H,18,20).